The third-order valence-electron chi connectivity index (χ3n) is 7.01. The Kier molecular flexibility index (Phi) is 7.17. The van der Waals surface area contributed by atoms with Gasteiger partial charge in [-0.3, -0.25) is 19.1 Å². The Balaban J connectivity index is 1.20. The number of ketones is 1. The molecule has 214 valence electrons. The summed E-state index contributed by atoms with van der Waals surface area (Å²) in [7, 11) is 0. The molecule has 0 spiro atoms. The van der Waals surface area contributed by atoms with Crippen LogP contribution in [0.1, 0.15) is 17.3 Å². The predicted molar refractivity (Wildman–Crippen MR) is 148 cm³/mol. The molecule has 0 saturated carbocycles. The maximum Gasteiger partial charge on any atom is 0.327 e. The minimum absolute atomic E-state index is 0.0318. The number of halogens is 1. The van der Waals surface area contributed by atoms with E-state index in [2.05, 4.69) is 30.3 Å². The molecule has 1 fully saturated rings. The normalized spacial score (nSPS) is 13.5. The quantitative estimate of drug-likeness (QED) is 0.168. The summed E-state index contributed by atoms with van der Waals surface area (Å²) in [5, 5.41) is 12.2. The van der Waals surface area contributed by atoms with Crippen LogP contribution in [-0.2, 0) is 20.9 Å². The summed E-state index contributed by atoms with van der Waals surface area (Å²) < 4.78 is 22.8. The van der Waals surface area contributed by atoms with Gasteiger partial charge in [0, 0.05) is 44.1 Å². The van der Waals surface area contributed by atoms with Crippen LogP contribution in [0.5, 0.6) is 0 Å². The van der Waals surface area contributed by atoms with E-state index in [0.717, 1.165) is 17.4 Å². The zero-order valence-corrected chi connectivity index (χ0v) is 22.6. The Bertz CT molecular complexity index is 1760. The number of H-pyrrole nitrogens is 1. The van der Waals surface area contributed by atoms with E-state index in [1.165, 1.54) is 28.2 Å². The minimum Gasteiger partial charge on any atom is -0.465 e. The number of pyridine rings is 1. The molecule has 5 heterocycles. The second-order valence-corrected chi connectivity index (χ2v) is 9.57. The summed E-state index contributed by atoms with van der Waals surface area (Å²) in [5.74, 6) is -2.42. The van der Waals surface area contributed by atoms with Gasteiger partial charge in [-0.1, -0.05) is 35.5 Å². The lowest BCUT2D eigenvalue weighted by Crippen LogP contribution is -2.50. The first kappa shape index (κ1) is 26.8. The Morgan fingerprint density at radius 3 is 2.60 bits per heavy atom. The fourth-order valence-corrected chi connectivity index (χ4v) is 5.04. The molecule has 14 heteroatoms. The van der Waals surface area contributed by atoms with Crippen LogP contribution >= 0.6 is 0 Å². The number of nitrogens with zero attached hydrogens (tertiary/aromatic N) is 8. The van der Waals surface area contributed by atoms with Gasteiger partial charge in [0.05, 0.1) is 47.4 Å². The third-order valence-corrected chi connectivity index (χ3v) is 7.01. The number of carbonyl (C=O) groups excluding carboxylic acids is 3. The zero-order valence-electron chi connectivity index (χ0n) is 22.6. The van der Waals surface area contributed by atoms with Crippen molar-refractivity contribution in [3.05, 3.63) is 72.7 Å². The van der Waals surface area contributed by atoms with Crippen LogP contribution in [0.25, 0.3) is 28.0 Å². The van der Waals surface area contributed by atoms with Crippen LogP contribution in [0, 0.1) is 5.82 Å². The Morgan fingerprint density at radius 1 is 1.10 bits per heavy atom. The molecule has 4 aromatic heterocycles. The summed E-state index contributed by atoms with van der Waals surface area (Å²) in [5.41, 5.74) is 2.53. The summed E-state index contributed by atoms with van der Waals surface area (Å²) in [6, 6.07) is 9.59. The van der Waals surface area contributed by atoms with Crippen LogP contribution < -0.4 is 4.90 Å². The lowest BCUT2D eigenvalue weighted by atomic mass is 10.1. The molecule has 1 aliphatic rings. The fourth-order valence-electron chi connectivity index (χ4n) is 5.04. The summed E-state index contributed by atoms with van der Waals surface area (Å²) in [6.07, 6.45) is 7.08. The molecule has 1 aliphatic heterocycles. The lowest BCUT2D eigenvalue weighted by Gasteiger charge is -2.35. The highest BCUT2D eigenvalue weighted by Gasteiger charge is 2.31. The van der Waals surface area contributed by atoms with Crippen molar-refractivity contribution in [1.82, 2.24) is 39.6 Å². The monoisotopic (exact) mass is 571 g/mol. The van der Waals surface area contributed by atoms with Gasteiger partial charge in [0.25, 0.3) is 11.7 Å². The predicted octanol–water partition coefficient (Wildman–Crippen LogP) is 2.24. The number of aromatic nitrogens is 7. The van der Waals surface area contributed by atoms with E-state index in [1.54, 1.807) is 17.8 Å². The number of anilines is 1. The molecule has 0 atom stereocenters. The number of esters is 1. The van der Waals surface area contributed by atoms with Crippen LogP contribution in [0.2, 0.25) is 0 Å². The average molecular weight is 572 g/mol. The van der Waals surface area contributed by atoms with Gasteiger partial charge in [-0.15, -0.1) is 5.10 Å². The van der Waals surface area contributed by atoms with E-state index in [0.29, 0.717) is 18.8 Å². The molecule has 1 amide bonds. The number of benzene rings is 1. The molecular weight excluding hydrogens is 545 g/mol. The number of Topliss-reactive ketones (excluding diaryl/α,β-unsaturated/α-hetero) is 1. The highest BCUT2D eigenvalue weighted by molar-refractivity contribution is 6.45. The number of ether oxygens (including phenoxy) is 1. The first-order valence-electron chi connectivity index (χ1n) is 13.3. The molecule has 13 nitrogen and oxygen atoms in total. The second-order valence-electron chi connectivity index (χ2n) is 9.57. The third kappa shape index (κ3) is 4.98. The first-order chi connectivity index (χ1) is 20.4. The zero-order chi connectivity index (χ0) is 29.2. The van der Waals surface area contributed by atoms with Gasteiger partial charge in [-0.2, -0.15) is 5.10 Å². The molecule has 42 heavy (non-hydrogen) atoms. The van der Waals surface area contributed by atoms with E-state index in [4.69, 9.17) is 4.74 Å². The molecule has 0 unspecified atom stereocenters. The Labute approximate surface area is 238 Å². The number of hydrogen-bond acceptors (Lipinski definition) is 9. The maximum absolute atomic E-state index is 14.9. The number of carbonyl (C=O) groups is 3. The minimum atomic E-state index is -0.823. The number of fused-ring (bicyclic) bond motifs is 1. The number of hydrogen-bond donors (Lipinski definition) is 1. The number of nitrogens with one attached hydrogen (secondary N) is 1. The molecule has 6 rings (SSSR count). The molecule has 1 saturated heterocycles. The number of aromatic amines is 1. The molecule has 0 bridgehead atoms. The van der Waals surface area contributed by atoms with Gasteiger partial charge in [0.1, 0.15) is 12.2 Å². The van der Waals surface area contributed by atoms with Crippen molar-refractivity contribution in [3.63, 3.8) is 0 Å². The summed E-state index contributed by atoms with van der Waals surface area (Å²) in [6.45, 7) is 3.36. The van der Waals surface area contributed by atoms with Gasteiger partial charge in [-0.25, -0.2) is 14.1 Å². The molecule has 5 aromatic rings. The largest absolute Gasteiger partial charge is 0.465 e. The van der Waals surface area contributed by atoms with Gasteiger partial charge in [0.15, 0.2) is 11.6 Å². The summed E-state index contributed by atoms with van der Waals surface area (Å²) >= 11 is 0. The topological polar surface area (TPSA) is 144 Å². The molecule has 1 N–H and O–H groups in total. The lowest BCUT2D eigenvalue weighted by molar-refractivity contribution is -0.144. The SMILES string of the molecule is CCOC(=O)Cn1cc(N2CCN(C(=O)C(=O)c3c[nH]c4c(-n5ccnn5)ncc(F)c34)CC2)c(-c2ccccc2)n1. The number of piperazine rings is 1. The van der Waals surface area contributed by atoms with Crippen molar-refractivity contribution in [2.75, 3.05) is 37.7 Å². The van der Waals surface area contributed by atoms with Crippen molar-refractivity contribution in [3.8, 4) is 17.1 Å². The molecule has 0 aliphatic carbocycles. The summed E-state index contributed by atoms with van der Waals surface area (Å²) in [4.78, 5) is 49.2. The van der Waals surface area contributed by atoms with Gasteiger partial charge >= 0.3 is 5.97 Å². The van der Waals surface area contributed by atoms with E-state index in [-0.39, 0.29) is 48.5 Å². The van der Waals surface area contributed by atoms with Gasteiger partial charge in [-0.05, 0) is 6.92 Å². The maximum atomic E-state index is 14.9. The second kappa shape index (κ2) is 11.2. The van der Waals surface area contributed by atoms with E-state index in [1.807, 2.05) is 30.3 Å². The van der Waals surface area contributed by atoms with Crippen molar-refractivity contribution in [1.29, 1.82) is 0 Å². The van der Waals surface area contributed by atoms with Crippen LogP contribution in [0.15, 0.2) is 61.3 Å². The molecule has 0 radical (unpaired) electrons. The van der Waals surface area contributed by atoms with Crippen molar-refractivity contribution < 1.29 is 23.5 Å². The van der Waals surface area contributed by atoms with Crippen LogP contribution in [-0.4, -0.2) is 90.1 Å². The first-order valence-corrected chi connectivity index (χ1v) is 13.3. The molecular formula is C28H26FN9O4. The average Bonchev–Trinajstić information content (AvgIpc) is 3.78. The van der Waals surface area contributed by atoms with Crippen LogP contribution in [0.3, 0.4) is 0 Å². The van der Waals surface area contributed by atoms with Gasteiger partial charge in [0.2, 0.25) is 0 Å². The molecule has 1 aromatic carbocycles. The van der Waals surface area contributed by atoms with Gasteiger partial charge < -0.3 is 19.5 Å². The fraction of sp³-hybridized carbons (Fsp3) is 0.250. The van der Waals surface area contributed by atoms with E-state index in [9.17, 15) is 18.8 Å². The standard InChI is InChI=1S/C28H26FN9O4/c1-2-42-22(39)17-37-16-21(24(33-37)18-6-4-3-5-7-18)35-10-12-36(13-11-35)28(41)26(40)19-14-30-25-23(19)20(29)15-31-27(25)38-9-8-32-34-38/h3-9,14-16,30H,2,10-13,17H2,1H3. The Morgan fingerprint density at radius 2 is 1.88 bits per heavy atom. The Hall–Kier alpha value is -5.40. The van der Waals surface area contributed by atoms with Crippen molar-refractivity contribution >= 4 is 34.3 Å². The van der Waals surface area contributed by atoms with E-state index < -0.39 is 23.5 Å². The highest BCUT2D eigenvalue weighted by Crippen LogP contribution is 2.31. The van der Waals surface area contributed by atoms with Crippen molar-refractivity contribution in [2.24, 2.45) is 0 Å². The number of amides is 1. The smallest absolute Gasteiger partial charge is 0.327 e. The highest BCUT2D eigenvalue weighted by atomic mass is 19.1. The number of rotatable bonds is 8. The van der Waals surface area contributed by atoms with E-state index >= 15 is 0 Å². The van der Waals surface area contributed by atoms with Crippen molar-refractivity contribution in [2.45, 2.75) is 13.5 Å². The van der Waals surface area contributed by atoms with Crippen LogP contribution in [0.4, 0.5) is 10.1 Å².